The molecule has 378 valence electrons. The molecule has 0 fully saturated rings. The number of ether oxygens (including phenoxy) is 1. The first-order valence-electron chi connectivity index (χ1n) is 28.6. The summed E-state index contributed by atoms with van der Waals surface area (Å²) in [6, 6.07) is -0.553. The van der Waals surface area contributed by atoms with E-state index in [9.17, 15) is 19.8 Å². The Morgan fingerprint density at radius 1 is 0.422 bits per heavy atom. The Balaban J connectivity index is 3.48. The molecule has 1 amide bonds. The molecule has 0 aliphatic heterocycles. The van der Waals surface area contributed by atoms with Crippen LogP contribution in [-0.2, 0) is 14.3 Å². The van der Waals surface area contributed by atoms with Crippen molar-refractivity contribution in [2.75, 3.05) is 13.2 Å². The third-order valence-corrected chi connectivity index (χ3v) is 13.2. The number of carbonyl (C=O) groups is 2. The number of nitrogens with one attached hydrogen (secondary N) is 1. The number of amides is 1. The monoisotopic (exact) mass is 902 g/mol. The van der Waals surface area contributed by atoms with Gasteiger partial charge in [-0.05, 0) is 77.0 Å². The van der Waals surface area contributed by atoms with Crippen molar-refractivity contribution >= 4 is 11.9 Å². The van der Waals surface area contributed by atoms with Crippen LogP contribution in [0.25, 0.3) is 0 Å². The van der Waals surface area contributed by atoms with E-state index in [1.165, 1.54) is 205 Å². The zero-order valence-electron chi connectivity index (χ0n) is 43.0. The topological polar surface area (TPSA) is 95.9 Å². The quantitative estimate of drug-likeness (QED) is 0.0321. The van der Waals surface area contributed by atoms with Crippen LogP contribution < -0.4 is 5.32 Å². The van der Waals surface area contributed by atoms with Crippen LogP contribution in [0, 0.1) is 0 Å². The maximum absolute atomic E-state index is 12.5. The lowest BCUT2D eigenvalue weighted by molar-refractivity contribution is -0.143. The van der Waals surface area contributed by atoms with Gasteiger partial charge >= 0.3 is 5.97 Å². The summed E-state index contributed by atoms with van der Waals surface area (Å²) in [6.45, 7) is 4.91. The zero-order chi connectivity index (χ0) is 46.5. The number of unbranched alkanes of at least 4 members (excludes halogenated alkanes) is 38. The molecule has 0 spiro atoms. The fourth-order valence-corrected chi connectivity index (χ4v) is 8.81. The van der Waals surface area contributed by atoms with Crippen LogP contribution in [0.5, 0.6) is 0 Å². The Bertz CT molecular complexity index is 997. The second-order valence-electron chi connectivity index (χ2n) is 19.6. The van der Waals surface area contributed by atoms with Gasteiger partial charge in [0.15, 0.2) is 0 Å². The number of hydrogen-bond donors (Lipinski definition) is 3. The maximum Gasteiger partial charge on any atom is 0.305 e. The Labute approximate surface area is 399 Å². The van der Waals surface area contributed by atoms with Gasteiger partial charge in [-0.25, -0.2) is 0 Å². The van der Waals surface area contributed by atoms with Gasteiger partial charge in [0.05, 0.1) is 25.4 Å². The second-order valence-corrected chi connectivity index (χ2v) is 19.6. The SMILES string of the molecule is CCCCCC/C=C\CCCCCCCC(=O)OCCCCCC/C=C\CCCCCCCCCC(=O)NC(CO)C(O)CCCCCCCCCCCCCCCCCCCCC. The highest BCUT2D eigenvalue weighted by Crippen LogP contribution is 2.17. The van der Waals surface area contributed by atoms with Crippen LogP contribution in [0.1, 0.15) is 309 Å². The Hall–Kier alpha value is -1.66. The van der Waals surface area contributed by atoms with Crippen molar-refractivity contribution in [3.63, 3.8) is 0 Å². The molecule has 0 heterocycles. The van der Waals surface area contributed by atoms with Gasteiger partial charge in [-0.1, -0.05) is 244 Å². The minimum absolute atomic E-state index is 0.0189. The molecule has 2 unspecified atom stereocenters. The van der Waals surface area contributed by atoms with Gasteiger partial charge in [-0.2, -0.15) is 0 Å². The number of hydrogen-bond acceptors (Lipinski definition) is 5. The van der Waals surface area contributed by atoms with Crippen molar-refractivity contribution in [2.24, 2.45) is 0 Å². The lowest BCUT2D eigenvalue weighted by Crippen LogP contribution is -2.45. The molecule has 0 bridgehead atoms. The molecule has 64 heavy (non-hydrogen) atoms. The summed E-state index contributed by atoms with van der Waals surface area (Å²) in [4.78, 5) is 24.5. The third-order valence-electron chi connectivity index (χ3n) is 13.2. The van der Waals surface area contributed by atoms with E-state index >= 15 is 0 Å². The number of rotatable bonds is 53. The normalized spacial score (nSPS) is 12.8. The highest BCUT2D eigenvalue weighted by atomic mass is 16.5. The van der Waals surface area contributed by atoms with E-state index in [0.717, 1.165) is 70.6 Å². The first-order valence-corrected chi connectivity index (χ1v) is 28.6. The van der Waals surface area contributed by atoms with E-state index in [0.29, 0.717) is 25.9 Å². The third kappa shape index (κ3) is 49.8. The fraction of sp³-hybridized carbons (Fsp3) is 0.897. The molecule has 0 saturated carbocycles. The predicted molar refractivity (Wildman–Crippen MR) is 278 cm³/mol. The average molecular weight is 903 g/mol. The first kappa shape index (κ1) is 62.3. The van der Waals surface area contributed by atoms with Crippen molar-refractivity contribution in [2.45, 2.75) is 321 Å². The molecular formula is C58H111NO5. The van der Waals surface area contributed by atoms with Crippen molar-refractivity contribution in [1.82, 2.24) is 5.32 Å². The van der Waals surface area contributed by atoms with Crippen molar-refractivity contribution in [3.05, 3.63) is 24.3 Å². The molecule has 0 aliphatic rings. The summed E-state index contributed by atoms with van der Waals surface area (Å²) in [5.74, 6) is -0.0673. The molecule has 6 heteroatoms. The molecule has 0 aromatic rings. The van der Waals surface area contributed by atoms with Crippen LogP contribution in [0.15, 0.2) is 24.3 Å². The van der Waals surface area contributed by atoms with E-state index in [4.69, 9.17) is 4.74 Å². The van der Waals surface area contributed by atoms with Crippen molar-refractivity contribution < 1.29 is 24.5 Å². The summed E-state index contributed by atoms with van der Waals surface area (Å²) < 4.78 is 5.45. The van der Waals surface area contributed by atoms with Gasteiger partial charge < -0.3 is 20.3 Å². The van der Waals surface area contributed by atoms with Crippen LogP contribution in [0.2, 0.25) is 0 Å². The van der Waals surface area contributed by atoms with Crippen molar-refractivity contribution in [3.8, 4) is 0 Å². The van der Waals surface area contributed by atoms with Crippen molar-refractivity contribution in [1.29, 1.82) is 0 Å². The summed E-state index contributed by atoms with van der Waals surface area (Å²) in [5.41, 5.74) is 0. The molecule has 0 aromatic heterocycles. The Kier molecular flexibility index (Phi) is 52.6. The van der Waals surface area contributed by atoms with E-state index in [1.807, 2.05) is 0 Å². The molecular weight excluding hydrogens is 791 g/mol. The van der Waals surface area contributed by atoms with Gasteiger partial charge in [0.25, 0.3) is 0 Å². The summed E-state index contributed by atoms with van der Waals surface area (Å²) in [6.07, 6.45) is 64.5. The lowest BCUT2D eigenvalue weighted by atomic mass is 10.0. The van der Waals surface area contributed by atoms with Gasteiger partial charge in [0.1, 0.15) is 0 Å². The molecule has 0 radical (unpaired) electrons. The maximum atomic E-state index is 12.5. The second kappa shape index (κ2) is 54.0. The highest BCUT2D eigenvalue weighted by molar-refractivity contribution is 5.76. The lowest BCUT2D eigenvalue weighted by Gasteiger charge is -2.22. The number of carbonyl (C=O) groups excluding carboxylic acids is 2. The van der Waals surface area contributed by atoms with E-state index in [1.54, 1.807) is 0 Å². The van der Waals surface area contributed by atoms with Crippen LogP contribution in [-0.4, -0.2) is 47.4 Å². The zero-order valence-corrected chi connectivity index (χ0v) is 43.0. The van der Waals surface area contributed by atoms with E-state index in [-0.39, 0.29) is 18.5 Å². The van der Waals surface area contributed by atoms with Crippen LogP contribution in [0.3, 0.4) is 0 Å². The average Bonchev–Trinajstić information content (AvgIpc) is 3.29. The molecule has 0 aromatic carbocycles. The summed E-state index contributed by atoms with van der Waals surface area (Å²) >= 11 is 0. The van der Waals surface area contributed by atoms with Crippen LogP contribution >= 0.6 is 0 Å². The van der Waals surface area contributed by atoms with Gasteiger partial charge in [-0.3, -0.25) is 9.59 Å². The number of aliphatic hydroxyl groups excluding tert-OH is 2. The van der Waals surface area contributed by atoms with E-state index in [2.05, 4.69) is 43.5 Å². The number of allylic oxidation sites excluding steroid dienone is 4. The number of esters is 1. The predicted octanol–water partition coefficient (Wildman–Crippen LogP) is 17.5. The number of aliphatic hydroxyl groups is 2. The smallest absolute Gasteiger partial charge is 0.305 e. The Morgan fingerprint density at radius 3 is 1.12 bits per heavy atom. The van der Waals surface area contributed by atoms with Gasteiger partial charge in [-0.15, -0.1) is 0 Å². The molecule has 3 N–H and O–H groups in total. The molecule has 0 rings (SSSR count). The minimum atomic E-state index is -0.675. The largest absolute Gasteiger partial charge is 0.466 e. The molecule has 0 saturated heterocycles. The standard InChI is InChI=1S/C58H111NO5/c1-3-5-7-9-11-13-15-17-18-19-20-21-23-27-30-34-38-42-46-50-56(61)55(54-60)59-57(62)51-47-43-39-35-31-28-24-22-25-29-33-37-41-45-49-53-64-58(63)52-48-44-40-36-32-26-16-14-12-10-8-6-4-2/h14,16,25,29,55-56,60-61H,3-13,15,17-24,26-28,30-54H2,1-2H3,(H,59,62)/b16-14-,29-25-. The molecule has 0 aliphatic carbocycles. The van der Waals surface area contributed by atoms with Gasteiger partial charge in [0, 0.05) is 12.8 Å². The summed E-state index contributed by atoms with van der Waals surface area (Å²) in [7, 11) is 0. The fourth-order valence-electron chi connectivity index (χ4n) is 8.81. The molecule has 6 nitrogen and oxygen atoms in total. The van der Waals surface area contributed by atoms with Crippen LogP contribution in [0.4, 0.5) is 0 Å². The Morgan fingerprint density at radius 2 is 0.734 bits per heavy atom. The first-order chi connectivity index (χ1) is 31.5. The summed E-state index contributed by atoms with van der Waals surface area (Å²) in [5, 5.41) is 23.3. The van der Waals surface area contributed by atoms with E-state index < -0.39 is 12.1 Å². The minimum Gasteiger partial charge on any atom is -0.466 e. The van der Waals surface area contributed by atoms with Gasteiger partial charge in [0.2, 0.25) is 5.91 Å². The highest BCUT2D eigenvalue weighted by Gasteiger charge is 2.20. The molecule has 2 atom stereocenters.